The summed E-state index contributed by atoms with van der Waals surface area (Å²) in [6, 6.07) is 8.29. The molecule has 0 bridgehead atoms. The fraction of sp³-hybridized carbons (Fsp3) is 0.471. The Labute approximate surface area is 120 Å². The molecule has 1 saturated carbocycles. The Morgan fingerprint density at radius 2 is 1.95 bits per heavy atom. The smallest absolute Gasteiger partial charge is 0.223 e. The molecule has 2 aliphatic rings. The fourth-order valence-electron chi connectivity index (χ4n) is 3.55. The monoisotopic (exact) mass is 270 g/mol. The summed E-state index contributed by atoms with van der Waals surface area (Å²) in [5.74, 6) is -0.114. The Balaban J connectivity index is 1.83. The fourth-order valence-corrected chi connectivity index (χ4v) is 3.55. The molecule has 0 radical (unpaired) electrons. The maximum atomic E-state index is 12.0. The molecule has 0 saturated heterocycles. The van der Waals surface area contributed by atoms with Gasteiger partial charge in [0.15, 0.2) is 0 Å². The first-order valence-corrected chi connectivity index (χ1v) is 7.52. The Morgan fingerprint density at radius 1 is 1.20 bits per heavy atom. The van der Waals surface area contributed by atoms with Gasteiger partial charge in [-0.2, -0.15) is 0 Å². The molecule has 1 aromatic carbocycles. The van der Waals surface area contributed by atoms with Crippen molar-refractivity contribution in [3.8, 4) is 0 Å². The van der Waals surface area contributed by atoms with Gasteiger partial charge in [0.25, 0.3) is 0 Å². The van der Waals surface area contributed by atoms with Gasteiger partial charge in [0.2, 0.25) is 5.91 Å². The number of carbonyl (C=O) groups is 1. The van der Waals surface area contributed by atoms with E-state index in [1.807, 2.05) is 12.1 Å². The van der Waals surface area contributed by atoms with Gasteiger partial charge in [0.1, 0.15) is 0 Å². The van der Waals surface area contributed by atoms with Gasteiger partial charge in [0, 0.05) is 12.2 Å². The minimum absolute atomic E-state index is 0.114. The van der Waals surface area contributed by atoms with Crippen LogP contribution in [0.15, 0.2) is 29.8 Å². The topological polar surface area (TPSA) is 55.1 Å². The average Bonchev–Trinajstić information content (AvgIpc) is 2.48. The van der Waals surface area contributed by atoms with Crippen molar-refractivity contribution in [2.75, 3.05) is 11.9 Å². The lowest BCUT2D eigenvalue weighted by Gasteiger charge is -2.36. The quantitative estimate of drug-likeness (QED) is 0.885. The van der Waals surface area contributed by atoms with Crippen molar-refractivity contribution < 1.29 is 4.79 Å². The van der Waals surface area contributed by atoms with Crippen LogP contribution in [-0.4, -0.2) is 12.5 Å². The summed E-state index contributed by atoms with van der Waals surface area (Å²) in [5, 5.41) is 3.44. The first-order chi connectivity index (χ1) is 9.70. The molecular formula is C17H22N2O. The normalized spacial score (nSPS) is 20.5. The number of amides is 1. The van der Waals surface area contributed by atoms with Gasteiger partial charge in [-0.1, -0.05) is 43.5 Å². The van der Waals surface area contributed by atoms with Crippen molar-refractivity contribution in [2.45, 2.75) is 38.5 Å². The molecule has 1 amide bonds. The molecule has 3 rings (SSSR count). The van der Waals surface area contributed by atoms with Crippen LogP contribution in [-0.2, 0) is 4.79 Å². The number of para-hydroxylation sites is 1. The van der Waals surface area contributed by atoms with Crippen LogP contribution in [0.2, 0.25) is 0 Å². The second kappa shape index (κ2) is 5.31. The minimum atomic E-state index is -0.307. The van der Waals surface area contributed by atoms with E-state index in [1.165, 1.54) is 23.2 Å². The standard InChI is InChI=1S/C17H22N2O/c18-16(20)17(8-4-1-5-9-17)11-13-10-14-6-2-3-7-15(14)19-12-13/h2-3,6-7,10,19H,1,4-5,8-9,11-12H2,(H2,18,20). The maximum absolute atomic E-state index is 12.0. The maximum Gasteiger partial charge on any atom is 0.223 e. The highest BCUT2D eigenvalue weighted by molar-refractivity contribution is 5.82. The predicted octanol–water partition coefficient (Wildman–Crippen LogP) is 3.32. The first-order valence-electron chi connectivity index (χ1n) is 7.52. The van der Waals surface area contributed by atoms with Crippen LogP contribution >= 0.6 is 0 Å². The van der Waals surface area contributed by atoms with E-state index >= 15 is 0 Å². The van der Waals surface area contributed by atoms with E-state index in [2.05, 4.69) is 23.5 Å². The number of hydrogen-bond donors (Lipinski definition) is 2. The van der Waals surface area contributed by atoms with E-state index in [9.17, 15) is 4.79 Å². The summed E-state index contributed by atoms with van der Waals surface area (Å²) in [6.45, 7) is 0.825. The van der Waals surface area contributed by atoms with Crippen LogP contribution in [0.1, 0.15) is 44.1 Å². The molecule has 1 aliphatic heterocycles. The number of anilines is 1. The Hall–Kier alpha value is -1.77. The van der Waals surface area contributed by atoms with Gasteiger partial charge in [0.05, 0.1) is 5.41 Å². The number of benzene rings is 1. The number of nitrogens with two attached hydrogens (primary N) is 1. The van der Waals surface area contributed by atoms with E-state index in [0.29, 0.717) is 0 Å². The minimum Gasteiger partial charge on any atom is -0.381 e. The van der Waals surface area contributed by atoms with E-state index < -0.39 is 0 Å². The Morgan fingerprint density at radius 3 is 2.70 bits per heavy atom. The molecular weight excluding hydrogens is 248 g/mol. The molecule has 1 aliphatic carbocycles. The lowest BCUT2D eigenvalue weighted by Crippen LogP contribution is -2.39. The van der Waals surface area contributed by atoms with Gasteiger partial charge in [-0.25, -0.2) is 0 Å². The van der Waals surface area contributed by atoms with Gasteiger partial charge < -0.3 is 11.1 Å². The zero-order chi connectivity index (χ0) is 14.0. The van der Waals surface area contributed by atoms with Gasteiger partial charge in [-0.05, 0) is 36.5 Å². The largest absolute Gasteiger partial charge is 0.381 e. The Bertz CT molecular complexity index is 542. The van der Waals surface area contributed by atoms with E-state index in [0.717, 1.165) is 38.6 Å². The summed E-state index contributed by atoms with van der Waals surface area (Å²) in [6.07, 6.45) is 8.41. The van der Waals surface area contributed by atoms with Crippen molar-refractivity contribution in [1.29, 1.82) is 0 Å². The van der Waals surface area contributed by atoms with Crippen molar-refractivity contribution >= 4 is 17.7 Å². The van der Waals surface area contributed by atoms with E-state index in [1.54, 1.807) is 0 Å². The summed E-state index contributed by atoms with van der Waals surface area (Å²) < 4.78 is 0. The van der Waals surface area contributed by atoms with Gasteiger partial charge >= 0.3 is 0 Å². The van der Waals surface area contributed by atoms with Crippen LogP contribution in [0.4, 0.5) is 5.69 Å². The molecule has 3 N–H and O–H groups in total. The van der Waals surface area contributed by atoms with E-state index in [4.69, 9.17) is 5.73 Å². The molecule has 1 heterocycles. The summed E-state index contributed by atoms with van der Waals surface area (Å²) in [4.78, 5) is 12.0. The predicted molar refractivity (Wildman–Crippen MR) is 82.2 cm³/mol. The van der Waals surface area contributed by atoms with Crippen LogP contribution in [0, 0.1) is 5.41 Å². The number of rotatable bonds is 3. The first kappa shape index (κ1) is 13.2. The van der Waals surface area contributed by atoms with Gasteiger partial charge in [-0.15, -0.1) is 0 Å². The number of carbonyl (C=O) groups excluding carboxylic acids is 1. The van der Waals surface area contributed by atoms with Crippen LogP contribution in [0.3, 0.4) is 0 Å². The van der Waals surface area contributed by atoms with Crippen molar-refractivity contribution in [3.05, 3.63) is 35.4 Å². The third-order valence-electron chi connectivity index (χ3n) is 4.73. The lowest BCUT2D eigenvalue weighted by atomic mass is 9.69. The SMILES string of the molecule is NC(=O)C1(CC2=Cc3ccccc3NC2)CCCCC1. The second-order valence-corrected chi connectivity index (χ2v) is 6.13. The highest BCUT2D eigenvalue weighted by atomic mass is 16.1. The molecule has 0 spiro atoms. The Kier molecular flexibility index (Phi) is 3.51. The number of hydrogen-bond acceptors (Lipinski definition) is 2. The third kappa shape index (κ3) is 2.45. The summed E-state index contributed by atoms with van der Waals surface area (Å²) in [7, 11) is 0. The zero-order valence-electron chi connectivity index (χ0n) is 11.8. The number of fused-ring (bicyclic) bond motifs is 1. The zero-order valence-corrected chi connectivity index (χ0v) is 11.8. The van der Waals surface area contributed by atoms with Crippen molar-refractivity contribution in [2.24, 2.45) is 11.1 Å². The van der Waals surface area contributed by atoms with Crippen LogP contribution < -0.4 is 11.1 Å². The van der Waals surface area contributed by atoms with E-state index in [-0.39, 0.29) is 11.3 Å². The molecule has 20 heavy (non-hydrogen) atoms. The van der Waals surface area contributed by atoms with Crippen molar-refractivity contribution in [3.63, 3.8) is 0 Å². The highest BCUT2D eigenvalue weighted by Gasteiger charge is 2.38. The molecule has 106 valence electrons. The summed E-state index contributed by atoms with van der Waals surface area (Å²) >= 11 is 0. The van der Waals surface area contributed by atoms with Crippen LogP contribution in [0.5, 0.6) is 0 Å². The molecule has 3 heteroatoms. The summed E-state index contributed by atoms with van der Waals surface area (Å²) in [5.41, 5.74) is 9.10. The van der Waals surface area contributed by atoms with Crippen LogP contribution in [0.25, 0.3) is 6.08 Å². The lowest BCUT2D eigenvalue weighted by molar-refractivity contribution is -0.129. The number of primary amides is 1. The van der Waals surface area contributed by atoms with Crippen molar-refractivity contribution in [1.82, 2.24) is 0 Å². The third-order valence-corrected chi connectivity index (χ3v) is 4.73. The molecule has 1 fully saturated rings. The average molecular weight is 270 g/mol. The number of nitrogens with one attached hydrogen (secondary N) is 1. The van der Waals surface area contributed by atoms with Gasteiger partial charge in [-0.3, -0.25) is 4.79 Å². The highest BCUT2D eigenvalue weighted by Crippen LogP contribution is 2.42. The molecule has 3 nitrogen and oxygen atoms in total. The molecule has 1 aromatic rings. The second-order valence-electron chi connectivity index (χ2n) is 6.13. The molecule has 0 unspecified atom stereocenters. The molecule has 0 atom stereocenters. The molecule has 0 aromatic heterocycles.